The molecule has 0 fully saturated rings. The third kappa shape index (κ3) is 9.22. The van der Waals surface area contributed by atoms with Gasteiger partial charge >= 0.3 is 6.03 Å². The first-order valence-electron chi connectivity index (χ1n) is 15.2. The molecule has 0 saturated heterocycles. The maximum atomic E-state index is 14.1. The van der Waals surface area contributed by atoms with Crippen LogP contribution < -0.4 is 10.1 Å². The molecule has 0 atom stereocenters. The summed E-state index contributed by atoms with van der Waals surface area (Å²) in [5.41, 5.74) is 5.85. The largest absolute Gasteiger partial charge is 0.497 e. The molecule has 0 aliphatic carbocycles. The van der Waals surface area contributed by atoms with Crippen LogP contribution >= 0.6 is 0 Å². The minimum absolute atomic E-state index is 0.0493. The highest BCUT2D eigenvalue weighted by molar-refractivity contribution is 5.93. The fourth-order valence-electron chi connectivity index (χ4n) is 5.16. The number of hydrogen-bond donors (Lipinski definition) is 1. The fraction of sp³-hybridized carbons (Fsp3) is 0.333. The average molecular weight is 597 g/mol. The van der Waals surface area contributed by atoms with E-state index in [4.69, 9.17) is 9.47 Å². The van der Waals surface area contributed by atoms with E-state index >= 15 is 0 Å². The van der Waals surface area contributed by atoms with Crippen LogP contribution in [0.1, 0.15) is 41.3 Å². The Bertz CT molecular complexity index is 1480. The van der Waals surface area contributed by atoms with Crippen LogP contribution in [0.4, 0.5) is 10.5 Å². The highest BCUT2D eigenvalue weighted by Crippen LogP contribution is 2.21. The van der Waals surface area contributed by atoms with Gasteiger partial charge in [0.25, 0.3) is 0 Å². The minimum Gasteiger partial charge on any atom is -0.497 e. The number of aromatic nitrogens is 1. The summed E-state index contributed by atoms with van der Waals surface area (Å²) in [4.78, 5) is 31.1. The minimum atomic E-state index is -0.298. The molecule has 0 aliphatic rings. The zero-order chi connectivity index (χ0) is 31.3. The predicted octanol–water partition coefficient (Wildman–Crippen LogP) is 6.65. The van der Waals surface area contributed by atoms with Gasteiger partial charge in [0.05, 0.1) is 13.7 Å². The van der Waals surface area contributed by atoms with Crippen LogP contribution in [-0.4, -0.2) is 59.7 Å². The number of aryl methyl sites for hydroxylation is 2. The third-order valence-electron chi connectivity index (χ3n) is 7.58. The maximum absolute atomic E-state index is 14.1. The molecule has 0 spiro atoms. The number of rotatable bonds is 15. The van der Waals surface area contributed by atoms with E-state index in [9.17, 15) is 9.59 Å². The van der Waals surface area contributed by atoms with Gasteiger partial charge in [-0.15, -0.1) is 0 Å². The van der Waals surface area contributed by atoms with E-state index in [0.717, 1.165) is 39.4 Å². The summed E-state index contributed by atoms with van der Waals surface area (Å²) in [6, 6.07) is 27.6. The average Bonchev–Trinajstić information content (AvgIpc) is 3.46. The van der Waals surface area contributed by atoms with Crippen LogP contribution in [0.25, 0.3) is 0 Å². The number of urea groups is 1. The first-order chi connectivity index (χ1) is 21.4. The van der Waals surface area contributed by atoms with Crippen LogP contribution in [0, 0.1) is 13.8 Å². The number of nitrogens with zero attached hydrogens (tertiary/aromatic N) is 3. The summed E-state index contributed by atoms with van der Waals surface area (Å²) in [5.74, 6) is 0.678. The van der Waals surface area contributed by atoms with Gasteiger partial charge in [-0.2, -0.15) is 0 Å². The number of ether oxygens (including phenoxy) is 2. The maximum Gasteiger partial charge on any atom is 0.322 e. The zero-order valence-electron chi connectivity index (χ0n) is 26.3. The van der Waals surface area contributed by atoms with Gasteiger partial charge < -0.3 is 29.2 Å². The Balaban J connectivity index is 1.55. The Morgan fingerprint density at radius 1 is 0.841 bits per heavy atom. The molecule has 1 N–H and O–H groups in total. The molecule has 4 rings (SSSR count). The SMILES string of the molecule is CCOCCCN(CC(=O)N(Cc1ccccc1)Cc1cccn1Cc1cccc(OC)c1)C(=O)Nc1c(C)cccc1C. The highest BCUT2D eigenvalue weighted by atomic mass is 16.5. The number of carbonyl (C=O) groups excluding carboxylic acids is 2. The van der Waals surface area contributed by atoms with Crippen molar-refractivity contribution in [2.75, 3.05) is 38.7 Å². The standard InChI is InChI=1S/C36H44N4O4/c1-5-44-22-12-21-39(36(42)37-35-28(2)13-9-14-29(35)3)27-34(41)40(24-30-15-7-6-8-16-30)26-32-18-11-20-38(32)25-31-17-10-19-33(23-31)43-4/h6-11,13-20,23H,5,12,21-22,24-27H2,1-4H3,(H,37,42). The van der Waals surface area contributed by atoms with Crippen molar-refractivity contribution < 1.29 is 19.1 Å². The van der Waals surface area contributed by atoms with Crippen LogP contribution in [0.15, 0.2) is 91.1 Å². The van der Waals surface area contributed by atoms with Crippen molar-refractivity contribution in [1.29, 1.82) is 0 Å². The highest BCUT2D eigenvalue weighted by Gasteiger charge is 2.23. The molecule has 8 nitrogen and oxygen atoms in total. The molecule has 1 aromatic heterocycles. The Morgan fingerprint density at radius 3 is 2.30 bits per heavy atom. The van der Waals surface area contributed by atoms with Gasteiger partial charge in [0, 0.05) is 50.4 Å². The Labute approximate surface area is 261 Å². The molecule has 0 bridgehead atoms. The third-order valence-corrected chi connectivity index (χ3v) is 7.58. The smallest absolute Gasteiger partial charge is 0.322 e. The summed E-state index contributed by atoms with van der Waals surface area (Å²) in [6.07, 6.45) is 2.65. The molecule has 232 valence electrons. The molecule has 0 unspecified atom stereocenters. The molecule has 0 saturated carbocycles. The van der Waals surface area contributed by atoms with Crippen LogP contribution in [0.2, 0.25) is 0 Å². The van der Waals surface area contributed by atoms with E-state index in [1.54, 1.807) is 12.0 Å². The van der Waals surface area contributed by atoms with Gasteiger partial charge in [-0.3, -0.25) is 4.79 Å². The normalized spacial score (nSPS) is 10.8. The quantitative estimate of drug-likeness (QED) is 0.156. The fourth-order valence-corrected chi connectivity index (χ4v) is 5.16. The lowest BCUT2D eigenvalue weighted by Crippen LogP contribution is -2.45. The van der Waals surface area contributed by atoms with Gasteiger partial charge in [0.15, 0.2) is 0 Å². The molecule has 0 radical (unpaired) electrons. The van der Waals surface area contributed by atoms with Crippen LogP contribution in [0.3, 0.4) is 0 Å². The van der Waals surface area contributed by atoms with Crippen LogP contribution in [0.5, 0.6) is 5.75 Å². The van der Waals surface area contributed by atoms with Crippen LogP contribution in [-0.2, 0) is 29.2 Å². The monoisotopic (exact) mass is 596 g/mol. The van der Waals surface area contributed by atoms with Gasteiger partial charge in [-0.05, 0) is 73.7 Å². The summed E-state index contributed by atoms with van der Waals surface area (Å²) in [5, 5.41) is 3.07. The molecule has 44 heavy (non-hydrogen) atoms. The van der Waals surface area contributed by atoms with Crippen molar-refractivity contribution in [3.8, 4) is 5.75 Å². The summed E-state index contributed by atoms with van der Waals surface area (Å²) >= 11 is 0. The summed E-state index contributed by atoms with van der Waals surface area (Å²) < 4.78 is 13.1. The molecule has 1 heterocycles. The first-order valence-corrected chi connectivity index (χ1v) is 15.2. The second-order valence-corrected chi connectivity index (χ2v) is 10.9. The number of hydrogen-bond acceptors (Lipinski definition) is 4. The number of amides is 3. The lowest BCUT2D eigenvalue weighted by Gasteiger charge is -2.29. The summed E-state index contributed by atoms with van der Waals surface area (Å²) in [7, 11) is 1.66. The van der Waals surface area contributed by atoms with Gasteiger partial charge in [-0.1, -0.05) is 60.7 Å². The van der Waals surface area contributed by atoms with Gasteiger partial charge in [0.1, 0.15) is 12.3 Å². The number of para-hydroxylation sites is 1. The molecule has 0 aliphatic heterocycles. The second-order valence-electron chi connectivity index (χ2n) is 10.9. The Kier molecular flexibility index (Phi) is 12.0. The predicted molar refractivity (Wildman–Crippen MR) is 175 cm³/mol. The second kappa shape index (κ2) is 16.3. The Hall–Kier alpha value is -4.56. The molecular formula is C36H44N4O4. The van der Waals surface area contributed by atoms with E-state index in [0.29, 0.717) is 45.8 Å². The molecule has 8 heteroatoms. The van der Waals surface area contributed by atoms with Crippen molar-refractivity contribution in [2.24, 2.45) is 0 Å². The van der Waals surface area contributed by atoms with Crippen molar-refractivity contribution in [3.05, 3.63) is 119 Å². The number of methoxy groups -OCH3 is 1. The van der Waals surface area contributed by atoms with Crippen molar-refractivity contribution in [3.63, 3.8) is 0 Å². The summed E-state index contributed by atoms with van der Waals surface area (Å²) in [6.45, 7) is 8.82. The van der Waals surface area contributed by atoms with E-state index in [-0.39, 0.29) is 18.5 Å². The van der Waals surface area contributed by atoms with E-state index in [2.05, 4.69) is 16.0 Å². The number of carbonyl (C=O) groups is 2. The van der Waals surface area contributed by atoms with Gasteiger partial charge in [-0.25, -0.2) is 4.79 Å². The van der Waals surface area contributed by atoms with E-state index in [1.165, 1.54) is 0 Å². The molecule has 3 amide bonds. The molecule has 4 aromatic rings. The van der Waals surface area contributed by atoms with Gasteiger partial charge in [0.2, 0.25) is 5.91 Å². The number of benzene rings is 3. The number of nitrogens with one attached hydrogen (secondary N) is 1. The lowest BCUT2D eigenvalue weighted by atomic mass is 10.1. The topological polar surface area (TPSA) is 76.0 Å². The van der Waals surface area contributed by atoms with E-state index in [1.807, 2.05) is 111 Å². The lowest BCUT2D eigenvalue weighted by molar-refractivity contribution is -0.133. The molecular weight excluding hydrogens is 552 g/mol. The van der Waals surface area contributed by atoms with Crippen molar-refractivity contribution in [2.45, 2.75) is 46.8 Å². The van der Waals surface area contributed by atoms with Crippen molar-refractivity contribution in [1.82, 2.24) is 14.4 Å². The zero-order valence-corrected chi connectivity index (χ0v) is 26.3. The Morgan fingerprint density at radius 2 is 1.57 bits per heavy atom. The van der Waals surface area contributed by atoms with Crippen molar-refractivity contribution >= 4 is 17.6 Å². The van der Waals surface area contributed by atoms with E-state index < -0.39 is 0 Å². The molecule has 3 aromatic carbocycles. The number of anilines is 1. The first kappa shape index (κ1) is 32.4.